The van der Waals surface area contributed by atoms with Crippen LogP contribution in [0.2, 0.25) is 0 Å². The van der Waals surface area contributed by atoms with Crippen LogP contribution in [0.1, 0.15) is 50.4 Å². The van der Waals surface area contributed by atoms with Crippen molar-refractivity contribution < 1.29 is 9.47 Å². The summed E-state index contributed by atoms with van der Waals surface area (Å²) in [4.78, 5) is 8.97. The minimum Gasteiger partial charge on any atom is -0.493 e. The second-order valence-corrected chi connectivity index (χ2v) is 7.76. The van der Waals surface area contributed by atoms with Gasteiger partial charge in [-0.15, -0.1) is 24.0 Å². The fraction of sp³-hybridized carbons (Fsp3) is 0.591. The summed E-state index contributed by atoms with van der Waals surface area (Å²) < 4.78 is 12.8. The first-order chi connectivity index (χ1) is 14.6. The molecule has 1 aliphatic carbocycles. The Bertz CT molecular complexity index is 848. The summed E-state index contributed by atoms with van der Waals surface area (Å²) in [5.74, 6) is 3.17. The van der Waals surface area contributed by atoms with Crippen LogP contribution in [0.4, 0.5) is 0 Å². The molecular weight excluding hydrogens is 507 g/mol. The van der Waals surface area contributed by atoms with Crippen LogP contribution in [0.3, 0.4) is 0 Å². The molecule has 0 radical (unpaired) electrons. The van der Waals surface area contributed by atoms with E-state index in [1.807, 2.05) is 13.1 Å². The third-order valence-corrected chi connectivity index (χ3v) is 5.93. The van der Waals surface area contributed by atoms with E-state index in [0.29, 0.717) is 6.54 Å². The number of nitrogens with one attached hydrogen (secondary N) is 2. The highest BCUT2D eigenvalue weighted by atomic mass is 127. The van der Waals surface area contributed by atoms with E-state index in [1.54, 1.807) is 25.2 Å². The van der Waals surface area contributed by atoms with Crippen LogP contribution in [-0.4, -0.2) is 48.0 Å². The molecule has 1 aromatic heterocycles. The van der Waals surface area contributed by atoms with Gasteiger partial charge in [-0.1, -0.05) is 25.3 Å². The van der Waals surface area contributed by atoms with Gasteiger partial charge >= 0.3 is 0 Å². The third kappa shape index (κ3) is 6.24. The number of halogens is 1. The zero-order chi connectivity index (χ0) is 21.4. The van der Waals surface area contributed by atoms with Crippen molar-refractivity contribution in [1.82, 2.24) is 25.4 Å². The summed E-state index contributed by atoms with van der Waals surface area (Å²) in [5.41, 5.74) is 1.33. The fourth-order valence-corrected chi connectivity index (χ4v) is 4.17. The van der Waals surface area contributed by atoms with Gasteiger partial charge in [-0.2, -0.15) is 5.10 Å². The molecule has 172 valence electrons. The van der Waals surface area contributed by atoms with E-state index in [9.17, 15) is 0 Å². The summed E-state index contributed by atoms with van der Waals surface area (Å²) in [7, 11) is 5.24. The minimum absolute atomic E-state index is 0. The van der Waals surface area contributed by atoms with Crippen LogP contribution in [0, 0.1) is 0 Å². The number of aliphatic imine (C=N–C) groups is 1. The van der Waals surface area contributed by atoms with E-state index >= 15 is 0 Å². The van der Waals surface area contributed by atoms with Gasteiger partial charge in [0.05, 0.1) is 14.2 Å². The smallest absolute Gasteiger partial charge is 0.191 e. The highest BCUT2D eigenvalue weighted by Gasteiger charge is 2.34. The Kier molecular flexibility index (Phi) is 9.86. The van der Waals surface area contributed by atoms with Crippen molar-refractivity contribution in [3.8, 4) is 11.5 Å². The zero-order valence-electron chi connectivity index (χ0n) is 19.0. The summed E-state index contributed by atoms with van der Waals surface area (Å²) in [6.07, 6.45) is 7.57. The monoisotopic (exact) mass is 542 g/mol. The maximum Gasteiger partial charge on any atom is 0.191 e. The standard InChI is InChI=1S/C22H34N6O2.HI/c1-5-23-21(24-14-20-26-16-27-28(20)2)25-15-22(11-7-6-8-12-22)17-9-10-18(29-3)19(13-17)30-4;/h9-10,13,16H,5-8,11-12,14-15H2,1-4H3,(H2,23,24,25);1H. The van der Waals surface area contributed by atoms with Crippen molar-refractivity contribution in [1.29, 1.82) is 0 Å². The molecule has 9 heteroatoms. The second kappa shape index (κ2) is 12.1. The van der Waals surface area contributed by atoms with E-state index < -0.39 is 0 Å². The molecule has 0 bridgehead atoms. The van der Waals surface area contributed by atoms with E-state index in [4.69, 9.17) is 14.5 Å². The van der Waals surface area contributed by atoms with Crippen molar-refractivity contribution in [2.45, 2.75) is 51.0 Å². The lowest BCUT2D eigenvalue weighted by Gasteiger charge is -2.38. The largest absolute Gasteiger partial charge is 0.493 e. The van der Waals surface area contributed by atoms with E-state index in [2.05, 4.69) is 39.8 Å². The normalized spacial score (nSPS) is 15.7. The molecular formula is C22H35IN6O2. The SMILES string of the molecule is CCNC(=NCc1ncnn1C)NCC1(c2ccc(OC)c(OC)c2)CCCCC1.I. The van der Waals surface area contributed by atoms with Crippen LogP contribution in [-0.2, 0) is 19.0 Å². The number of rotatable bonds is 8. The molecule has 2 aromatic rings. The average Bonchev–Trinajstić information content (AvgIpc) is 3.20. The lowest BCUT2D eigenvalue weighted by atomic mass is 9.69. The number of aryl methyl sites for hydroxylation is 1. The van der Waals surface area contributed by atoms with Gasteiger partial charge < -0.3 is 20.1 Å². The highest BCUT2D eigenvalue weighted by molar-refractivity contribution is 14.0. The molecule has 0 unspecified atom stereocenters. The molecule has 1 aliphatic rings. The van der Waals surface area contributed by atoms with Gasteiger partial charge in [0, 0.05) is 25.6 Å². The second-order valence-electron chi connectivity index (χ2n) is 7.76. The zero-order valence-corrected chi connectivity index (χ0v) is 21.3. The van der Waals surface area contributed by atoms with Gasteiger partial charge in [-0.3, -0.25) is 4.68 Å². The van der Waals surface area contributed by atoms with Crippen LogP contribution in [0.5, 0.6) is 11.5 Å². The van der Waals surface area contributed by atoms with Gasteiger partial charge in [0.15, 0.2) is 17.5 Å². The van der Waals surface area contributed by atoms with Crippen molar-refractivity contribution in [3.63, 3.8) is 0 Å². The van der Waals surface area contributed by atoms with Crippen molar-refractivity contribution in [2.75, 3.05) is 27.3 Å². The lowest BCUT2D eigenvalue weighted by Crippen LogP contribution is -2.46. The van der Waals surface area contributed by atoms with Crippen molar-refractivity contribution in [3.05, 3.63) is 35.9 Å². The Balaban J connectivity index is 0.00000341. The number of methoxy groups -OCH3 is 2. The number of guanidine groups is 1. The Morgan fingerprint density at radius 2 is 1.87 bits per heavy atom. The number of nitrogens with zero attached hydrogens (tertiary/aromatic N) is 4. The first-order valence-corrected chi connectivity index (χ1v) is 10.7. The predicted molar refractivity (Wildman–Crippen MR) is 134 cm³/mol. The molecule has 2 N–H and O–H groups in total. The Morgan fingerprint density at radius 1 is 1.13 bits per heavy atom. The van der Waals surface area contributed by atoms with Gasteiger partial charge in [0.2, 0.25) is 0 Å². The molecule has 0 amide bonds. The summed E-state index contributed by atoms with van der Waals surface area (Å²) >= 11 is 0. The third-order valence-electron chi connectivity index (χ3n) is 5.93. The molecule has 1 fully saturated rings. The summed E-state index contributed by atoms with van der Waals surface area (Å²) in [6, 6.07) is 6.32. The number of hydrogen-bond acceptors (Lipinski definition) is 5. The maximum atomic E-state index is 5.57. The fourth-order valence-electron chi connectivity index (χ4n) is 4.17. The number of ether oxygens (including phenoxy) is 2. The number of hydrogen-bond donors (Lipinski definition) is 2. The van der Waals surface area contributed by atoms with Gasteiger partial charge in [0.25, 0.3) is 0 Å². The molecule has 1 aromatic carbocycles. The molecule has 31 heavy (non-hydrogen) atoms. The van der Waals surface area contributed by atoms with Crippen LogP contribution >= 0.6 is 24.0 Å². The Labute approximate surface area is 202 Å². The summed E-state index contributed by atoms with van der Waals surface area (Å²) in [6.45, 7) is 4.17. The Hall–Kier alpha value is -2.04. The van der Waals surface area contributed by atoms with Crippen molar-refractivity contribution >= 4 is 29.9 Å². The minimum atomic E-state index is 0. The van der Waals surface area contributed by atoms with Gasteiger partial charge in [-0.05, 0) is 37.5 Å². The van der Waals surface area contributed by atoms with Crippen LogP contribution in [0.25, 0.3) is 0 Å². The first kappa shape index (κ1) is 25.2. The predicted octanol–water partition coefficient (Wildman–Crippen LogP) is 3.41. The summed E-state index contributed by atoms with van der Waals surface area (Å²) in [5, 5.41) is 11.1. The van der Waals surface area contributed by atoms with Gasteiger partial charge in [0.1, 0.15) is 18.7 Å². The molecule has 1 saturated carbocycles. The van der Waals surface area contributed by atoms with Crippen LogP contribution in [0.15, 0.2) is 29.5 Å². The lowest BCUT2D eigenvalue weighted by molar-refractivity contribution is 0.288. The van der Waals surface area contributed by atoms with E-state index in [-0.39, 0.29) is 29.4 Å². The number of benzene rings is 1. The molecule has 1 heterocycles. The number of aromatic nitrogens is 3. The molecule has 0 saturated heterocycles. The topological polar surface area (TPSA) is 85.6 Å². The van der Waals surface area contributed by atoms with Gasteiger partial charge in [-0.25, -0.2) is 9.98 Å². The molecule has 3 rings (SSSR count). The molecule has 8 nitrogen and oxygen atoms in total. The molecule has 0 aliphatic heterocycles. The Morgan fingerprint density at radius 3 is 2.48 bits per heavy atom. The van der Waals surface area contributed by atoms with Crippen LogP contribution < -0.4 is 20.1 Å². The maximum absolute atomic E-state index is 5.57. The molecule has 0 atom stereocenters. The van der Waals surface area contributed by atoms with E-state index in [1.165, 1.54) is 24.8 Å². The first-order valence-electron chi connectivity index (χ1n) is 10.7. The average molecular weight is 542 g/mol. The highest BCUT2D eigenvalue weighted by Crippen LogP contribution is 2.42. The van der Waals surface area contributed by atoms with Crippen molar-refractivity contribution in [2.24, 2.45) is 12.0 Å². The molecule has 0 spiro atoms. The van der Waals surface area contributed by atoms with E-state index in [0.717, 1.165) is 49.2 Å². The quantitative estimate of drug-likeness (QED) is 0.302.